The van der Waals surface area contributed by atoms with Crippen molar-refractivity contribution in [2.75, 3.05) is 10.6 Å². The fraction of sp³-hybridized carbons (Fsp3) is 0.227. The average molecular weight is 360 g/mol. The molecule has 1 aromatic heterocycles. The van der Waals surface area contributed by atoms with Crippen molar-refractivity contribution in [3.05, 3.63) is 77.2 Å². The number of nitrogens with zero attached hydrogens (tertiary/aromatic N) is 2. The van der Waals surface area contributed by atoms with E-state index < -0.39 is 0 Å². The van der Waals surface area contributed by atoms with Gasteiger partial charge in [-0.3, -0.25) is 4.79 Å². The van der Waals surface area contributed by atoms with Gasteiger partial charge in [0.2, 0.25) is 0 Å². The maximum absolute atomic E-state index is 12.5. The molecule has 2 aromatic carbocycles. The molecule has 3 rings (SSSR count). The summed E-state index contributed by atoms with van der Waals surface area (Å²) in [5, 5.41) is 6.21. The number of rotatable bonds is 5. The van der Waals surface area contributed by atoms with Gasteiger partial charge in [0.15, 0.2) is 0 Å². The van der Waals surface area contributed by atoms with E-state index in [1.165, 1.54) is 6.20 Å². The number of aromatic nitrogens is 2. The molecule has 0 aliphatic heterocycles. The summed E-state index contributed by atoms with van der Waals surface area (Å²) in [6.45, 7) is 8.27. The number of anilines is 3. The van der Waals surface area contributed by atoms with E-state index in [2.05, 4.69) is 34.4 Å². The van der Waals surface area contributed by atoms with Gasteiger partial charge in [0.05, 0.1) is 12.4 Å². The minimum atomic E-state index is -0.269. The molecule has 0 spiro atoms. The number of carbonyl (C=O) groups is 1. The molecule has 0 unspecified atom stereocenters. The summed E-state index contributed by atoms with van der Waals surface area (Å²) in [5.74, 6) is 0.650. The zero-order valence-corrected chi connectivity index (χ0v) is 16.1. The third kappa shape index (κ3) is 4.31. The number of amides is 1. The molecule has 3 aromatic rings. The van der Waals surface area contributed by atoms with Crippen LogP contribution in [0, 0.1) is 13.8 Å². The summed E-state index contributed by atoms with van der Waals surface area (Å²) < 4.78 is 0. The second kappa shape index (κ2) is 7.99. The van der Waals surface area contributed by atoms with E-state index in [0.717, 1.165) is 28.1 Å². The average Bonchev–Trinajstić information content (AvgIpc) is 2.65. The third-order valence-corrected chi connectivity index (χ3v) is 4.45. The van der Waals surface area contributed by atoms with Crippen LogP contribution < -0.4 is 10.6 Å². The first-order valence-electron chi connectivity index (χ1n) is 9.01. The van der Waals surface area contributed by atoms with Crippen LogP contribution in [0.2, 0.25) is 0 Å². The highest BCUT2D eigenvalue weighted by atomic mass is 16.1. The van der Waals surface area contributed by atoms with Gasteiger partial charge in [-0.1, -0.05) is 50.2 Å². The molecule has 0 saturated heterocycles. The Morgan fingerprint density at radius 2 is 1.63 bits per heavy atom. The van der Waals surface area contributed by atoms with E-state index in [4.69, 9.17) is 0 Å². The Labute approximate surface area is 159 Å². The van der Waals surface area contributed by atoms with Gasteiger partial charge in [-0.2, -0.15) is 0 Å². The molecule has 27 heavy (non-hydrogen) atoms. The molecule has 1 amide bonds. The fourth-order valence-electron chi connectivity index (χ4n) is 2.95. The van der Waals surface area contributed by atoms with Crippen LogP contribution in [-0.4, -0.2) is 15.9 Å². The van der Waals surface area contributed by atoms with Crippen LogP contribution in [0.3, 0.4) is 0 Å². The van der Waals surface area contributed by atoms with Crippen molar-refractivity contribution < 1.29 is 4.79 Å². The van der Waals surface area contributed by atoms with Gasteiger partial charge in [0.1, 0.15) is 11.5 Å². The number of benzene rings is 2. The number of para-hydroxylation sites is 2. The predicted molar refractivity (Wildman–Crippen MR) is 110 cm³/mol. The first kappa shape index (κ1) is 18.6. The molecule has 0 saturated carbocycles. The number of hydrogen-bond donors (Lipinski definition) is 2. The Hall–Kier alpha value is -3.21. The smallest absolute Gasteiger partial charge is 0.275 e. The largest absolute Gasteiger partial charge is 0.339 e. The van der Waals surface area contributed by atoms with E-state index in [9.17, 15) is 4.79 Å². The standard InChI is InChI=1S/C22H24N4O/c1-14(2)17-10-5-6-11-18(17)25-22(27)19-12-24-20(13-23-19)26-21-15(3)8-7-9-16(21)4/h5-14H,1-4H3,(H,24,26)(H,25,27). The van der Waals surface area contributed by atoms with Gasteiger partial charge in [-0.15, -0.1) is 0 Å². The van der Waals surface area contributed by atoms with Crippen molar-refractivity contribution in [1.82, 2.24) is 9.97 Å². The van der Waals surface area contributed by atoms with Crippen LogP contribution in [0.1, 0.15) is 46.9 Å². The normalized spacial score (nSPS) is 10.7. The number of carbonyl (C=O) groups excluding carboxylic acids is 1. The van der Waals surface area contributed by atoms with Gasteiger partial charge >= 0.3 is 0 Å². The van der Waals surface area contributed by atoms with Crippen molar-refractivity contribution in [2.45, 2.75) is 33.6 Å². The Bertz CT molecular complexity index is 929. The predicted octanol–water partition coefficient (Wildman–Crippen LogP) is 5.21. The first-order chi connectivity index (χ1) is 13.0. The van der Waals surface area contributed by atoms with Gasteiger partial charge in [-0.25, -0.2) is 9.97 Å². The van der Waals surface area contributed by atoms with E-state index in [1.54, 1.807) is 6.20 Å². The molecule has 0 fully saturated rings. The Morgan fingerprint density at radius 3 is 2.26 bits per heavy atom. The molecule has 5 nitrogen and oxygen atoms in total. The molecule has 5 heteroatoms. The summed E-state index contributed by atoms with van der Waals surface area (Å²) in [4.78, 5) is 21.1. The lowest BCUT2D eigenvalue weighted by Crippen LogP contribution is -2.15. The minimum Gasteiger partial charge on any atom is -0.339 e. The lowest BCUT2D eigenvalue weighted by atomic mass is 10.0. The zero-order chi connectivity index (χ0) is 19.4. The van der Waals surface area contributed by atoms with Gasteiger partial charge < -0.3 is 10.6 Å². The molecule has 138 valence electrons. The molecule has 0 bridgehead atoms. The molecule has 0 atom stereocenters. The lowest BCUT2D eigenvalue weighted by Gasteiger charge is -2.14. The molecule has 1 heterocycles. The minimum absolute atomic E-state index is 0.269. The highest BCUT2D eigenvalue weighted by Gasteiger charge is 2.13. The second-order valence-corrected chi connectivity index (χ2v) is 6.87. The summed E-state index contributed by atoms with van der Waals surface area (Å²) in [7, 11) is 0. The van der Waals surface area contributed by atoms with Crippen LogP contribution in [0.5, 0.6) is 0 Å². The first-order valence-corrected chi connectivity index (χ1v) is 9.01. The molecular weight excluding hydrogens is 336 g/mol. The molecule has 0 aliphatic carbocycles. The summed E-state index contributed by atoms with van der Waals surface area (Å²) in [5.41, 5.74) is 5.44. The van der Waals surface area contributed by atoms with Crippen LogP contribution >= 0.6 is 0 Å². The third-order valence-electron chi connectivity index (χ3n) is 4.45. The number of aryl methyl sites for hydroxylation is 2. The zero-order valence-electron chi connectivity index (χ0n) is 16.1. The molecule has 0 aliphatic rings. The van der Waals surface area contributed by atoms with Gasteiger partial charge in [0.25, 0.3) is 5.91 Å². The van der Waals surface area contributed by atoms with Crippen molar-refractivity contribution in [2.24, 2.45) is 0 Å². The van der Waals surface area contributed by atoms with E-state index >= 15 is 0 Å². The van der Waals surface area contributed by atoms with E-state index in [0.29, 0.717) is 11.7 Å². The highest BCUT2D eigenvalue weighted by Crippen LogP contribution is 2.25. The van der Waals surface area contributed by atoms with Crippen LogP contribution in [-0.2, 0) is 0 Å². The number of hydrogen-bond acceptors (Lipinski definition) is 4. The Balaban J connectivity index is 1.75. The van der Waals surface area contributed by atoms with Crippen LogP contribution in [0.4, 0.5) is 17.2 Å². The fourth-order valence-corrected chi connectivity index (χ4v) is 2.95. The van der Waals surface area contributed by atoms with Gasteiger partial charge in [-0.05, 0) is 42.5 Å². The van der Waals surface area contributed by atoms with Crippen molar-refractivity contribution >= 4 is 23.1 Å². The molecule has 2 N–H and O–H groups in total. The highest BCUT2D eigenvalue weighted by molar-refractivity contribution is 6.03. The topological polar surface area (TPSA) is 66.9 Å². The Morgan fingerprint density at radius 1 is 0.926 bits per heavy atom. The SMILES string of the molecule is Cc1cccc(C)c1Nc1cnc(C(=O)Nc2ccccc2C(C)C)cn1. The monoisotopic (exact) mass is 360 g/mol. The summed E-state index contributed by atoms with van der Waals surface area (Å²) in [6, 6.07) is 13.9. The van der Waals surface area contributed by atoms with E-state index in [1.807, 2.05) is 56.3 Å². The quantitative estimate of drug-likeness (QED) is 0.655. The van der Waals surface area contributed by atoms with E-state index in [-0.39, 0.29) is 11.6 Å². The van der Waals surface area contributed by atoms with Gasteiger partial charge in [0, 0.05) is 11.4 Å². The maximum Gasteiger partial charge on any atom is 0.275 e. The Kier molecular flexibility index (Phi) is 5.50. The van der Waals surface area contributed by atoms with Crippen molar-refractivity contribution in [3.63, 3.8) is 0 Å². The van der Waals surface area contributed by atoms with Crippen molar-refractivity contribution in [1.29, 1.82) is 0 Å². The van der Waals surface area contributed by atoms with Crippen molar-refractivity contribution in [3.8, 4) is 0 Å². The molecular formula is C22H24N4O. The van der Waals surface area contributed by atoms with Crippen LogP contribution in [0.25, 0.3) is 0 Å². The second-order valence-electron chi connectivity index (χ2n) is 6.87. The lowest BCUT2D eigenvalue weighted by molar-refractivity contribution is 0.102. The number of nitrogens with one attached hydrogen (secondary N) is 2. The van der Waals surface area contributed by atoms with Crippen LogP contribution in [0.15, 0.2) is 54.9 Å². The summed E-state index contributed by atoms with van der Waals surface area (Å²) in [6.07, 6.45) is 3.07. The maximum atomic E-state index is 12.5. The molecule has 0 radical (unpaired) electrons. The summed E-state index contributed by atoms with van der Waals surface area (Å²) >= 11 is 0.